The van der Waals surface area contributed by atoms with Crippen molar-refractivity contribution in [2.45, 2.75) is 69.1 Å². The first kappa shape index (κ1) is 30.3. The average Bonchev–Trinajstić information content (AvgIpc) is 3.50. The van der Waals surface area contributed by atoms with Crippen molar-refractivity contribution in [3.63, 3.8) is 0 Å². The molecule has 4 nitrogen and oxygen atoms in total. The highest BCUT2D eigenvalue weighted by atomic mass is 19.4. The Bertz CT molecular complexity index is 1150. The number of rotatable bonds is 7. The van der Waals surface area contributed by atoms with Crippen LogP contribution in [0, 0.1) is 11.7 Å². The number of hydrogen-bond acceptors (Lipinski definition) is 3. The Kier molecular flexibility index (Phi) is 8.85. The van der Waals surface area contributed by atoms with E-state index in [-0.39, 0.29) is 35.4 Å². The fourth-order valence-electron chi connectivity index (χ4n) is 6.05. The summed E-state index contributed by atoms with van der Waals surface area (Å²) in [6.45, 7) is 2.75. The molecule has 2 aromatic rings. The summed E-state index contributed by atoms with van der Waals surface area (Å²) < 4.78 is 101. The topological polar surface area (TPSA) is 32.8 Å². The summed E-state index contributed by atoms with van der Waals surface area (Å²) in [5, 5.41) is 0. The normalized spacial score (nSPS) is 24.9. The van der Waals surface area contributed by atoms with Crippen LogP contribution >= 0.6 is 0 Å². The van der Waals surface area contributed by atoms with E-state index in [1.165, 1.54) is 19.1 Å². The second kappa shape index (κ2) is 11.7. The van der Waals surface area contributed by atoms with E-state index < -0.39 is 41.5 Å². The molecule has 0 bridgehead atoms. The van der Waals surface area contributed by atoms with Gasteiger partial charge >= 0.3 is 12.4 Å². The third-order valence-electron chi connectivity index (χ3n) is 8.00. The molecule has 4 rings (SSSR count). The predicted molar refractivity (Wildman–Crippen MR) is 135 cm³/mol. The van der Waals surface area contributed by atoms with E-state index in [0.717, 1.165) is 24.9 Å². The molecular formula is C29H33F7N2O2. The summed E-state index contributed by atoms with van der Waals surface area (Å²) in [6, 6.07) is 7.15. The summed E-state index contributed by atoms with van der Waals surface area (Å²) in [6.07, 6.45) is -8.71. The lowest BCUT2D eigenvalue weighted by Crippen LogP contribution is -2.45. The van der Waals surface area contributed by atoms with Gasteiger partial charge in [-0.05, 0) is 86.5 Å². The predicted octanol–water partition coefficient (Wildman–Crippen LogP) is 7.06. The van der Waals surface area contributed by atoms with Crippen LogP contribution in [0.15, 0.2) is 42.5 Å². The maximum absolute atomic E-state index is 13.7. The van der Waals surface area contributed by atoms with E-state index in [9.17, 15) is 35.5 Å². The smallest absolute Gasteiger partial charge is 0.370 e. The van der Waals surface area contributed by atoms with Gasteiger partial charge in [0.05, 0.1) is 29.4 Å². The zero-order valence-corrected chi connectivity index (χ0v) is 22.5. The van der Waals surface area contributed by atoms with Crippen LogP contribution in [0.25, 0.3) is 0 Å². The first-order valence-electron chi connectivity index (χ1n) is 13.3. The molecule has 5 atom stereocenters. The zero-order valence-electron chi connectivity index (χ0n) is 22.5. The number of nitrogens with zero attached hydrogens (tertiary/aromatic N) is 2. The van der Waals surface area contributed by atoms with Crippen LogP contribution in [0.4, 0.5) is 30.7 Å². The Morgan fingerprint density at radius 2 is 1.57 bits per heavy atom. The molecule has 1 saturated carbocycles. The summed E-state index contributed by atoms with van der Waals surface area (Å²) >= 11 is 0. The molecule has 0 radical (unpaired) electrons. The van der Waals surface area contributed by atoms with Crippen LogP contribution in [0.2, 0.25) is 0 Å². The SMILES string of the molecule is CC(OC1CCC(CN2CCCC2C(=O)N(C)C)C1c1ccc(F)cc1)c1cc(C(F)(F)F)cc(C(F)(F)F)c1. The molecule has 1 heterocycles. The zero-order chi connectivity index (χ0) is 29.4. The van der Waals surface area contributed by atoms with E-state index in [2.05, 4.69) is 4.90 Å². The van der Waals surface area contributed by atoms with Gasteiger partial charge in [-0.1, -0.05) is 12.1 Å². The second-order valence-electron chi connectivity index (χ2n) is 11.0. The third-order valence-corrected chi connectivity index (χ3v) is 8.00. The number of amides is 1. The molecule has 0 spiro atoms. The fraction of sp³-hybridized carbons (Fsp3) is 0.552. The number of benzene rings is 2. The van der Waals surface area contributed by atoms with Crippen LogP contribution in [0.5, 0.6) is 0 Å². The van der Waals surface area contributed by atoms with Gasteiger partial charge in [-0.3, -0.25) is 9.69 Å². The molecular weight excluding hydrogens is 541 g/mol. The van der Waals surface area contributed by atoms with Gasteiger partial charge < -0.3 is 9.64 Å². The highest BCUT2D eigenvalue weighted by Gasteiger charge is 2.43. The van der Waals surface area contributed by atoms with Crippen molar-refractivity contribution in [3.8, 4) is 0 Å². The maximum atomic E-state index is 13.7. The number of likely N-dealkylation sites (tertiary alicyclic amines) is 1. The van der Waals surface area contributed by atoms with Gasteiger partial charge in [0.2, 0.25) is 5.91 Å². The third kappa shape index (κ3) is 6.79. The number of carbonyl (C=O) groups is 1. The van der Waals surface area contributed by atoms with Crippen molar-refractivity contribution < 1.29 is 40.3 Å². The molecule has 2 aliphatic rings. The molecule has 5 unspecified atom stereocenters. The quantitative estimate of drug-likeness (QED) is 0.332. The van der Waals surface area contributed by atoms with Crippen LogP contribution in [-0.4, -0.2) is 55.0 Å². The van der Waals surface area contributed by atoms with Crippen molar-refractivity contribution in [3.05, 3.63) is 70.5 Å². The molecule has 11 heteroatoms. The minimum Gasteiger partial charge on any atom is -0.370 e. The summed E-state index contributed by atoms with van der Waals surface area (Å²) in [5.41, 5.74) is -2.23. The lowest BCUT2D eigenvalue weighted by molar-refractivity contribution is -0.143. The molecule has 1 aliphatic carbocycles. The van der Waals surface area contributed by atoms with Gasteiger partial charge in [0.1, 0.15) is 5.82 Å². The first-order valence-corrected chi connectivity index (χ1v) is 13.3. The monoisotopic (exact) mass is 574 g/mol. The van der Waals surface area contributed by atoms with Gasteiger partial charge in [-0.15, -0.1) is 0 Å². The number of carbonyl (C=O) groups excluding carboxylic acids is 1. The lowest BCUT2D eigenvalue weighted by atomic mass is 9.86. The lowest BCUT2D eigenvalue weighted by Gasteiger charge is -2.33. The van der Waals surface area contributed by atoms with E-state index in [4.69, 9.17) is 4.74 Å². The Hall–Kier alpha value is -2.66. The van der Waals surface area contributed by atoms with E-state index in [1.54, 1.807) is 31.1 Å². The summed E-state index contributed by atoms with van der Waals surface area (Å²) in [4.78, 5) is 16.4. The number of likely N-dealkylation sites (N-methyl/N-ethyl adjacent to an activating group) is 1. The number of hydrogen-bond donors (Lipinski definition) is 0. The summed E-state index contributed by atoms with van der Waals surface area (Å²) in [7, 11) is 3.41. The van der Waals surface area contributed by atoms with Crippen LogP contribution in [-0.2, 0) is 21.9 Å². The largest absolute Gasteiger partial charge is 0.416 e. The van der Waals surface area contributed by atoms with Crippen molar-refractivity contribution in [2.24, 2.45) is 5.92 Å². The first-order chi connectivity index (χ1) is 18.6. The standard InChI is InChI=1S/C29H33F7N2O2/c1-17(20-13-21(28(31,32)33)15-22(14-20)29(34,35)36)40-25-11-8-19(26(25)18-6-9-23(30)10-7-18)16-38-12-4-5-24(38)27(39)37(2)3/h6-7,9-10,13-15,17,19,24-26H,4-5,8,11-12,16H2,1-3H3. The highest BCUT2D eigenvalue weighted by Crippen LogP contribution is 2.45. The number of ether oxygens (including phenoxy) is 1. The van der Waals surface area contributed by atoms with Crippen molar-refractivity contribution in [1.29, 1.82) is 0 Å². The molecule has 2 fully saturated rings. The van der Waals surface area contributed by atoms with Crippen molar-refractivity contribution in [1.82, 2.24) is 9.80 Å². The van der Waals surface area contributed by atoms with E-state index >= 15 is 0 Å². The molecule has 0 aromatic heterocycles. The molecule has 220 valence electrons. The van der Waals surface area contributed by atoms with Crippen molar-refractivity contribution in [2.75, 3.05) is 27.2 Å². The van der Waals surface area contributed by atoms with Gasteiger partial charge in [0.15, 0.2) is 0 Å². The summed E-state index contributed by atoms with van der Waals surface area (Å²) in [5.74, 6) is -0.707. The Morgan fingerprint density at radius 3 is 2.12 bits per heavy atom. The molecule has 1 saturated heterocycles. The highest BCUT2D eigenvalue weighted by molar-refractivity contribution is 5.81. The molecule has 0 N–H and O–H groups in total. The Morgan fingerprint density at radius 1 is 0.975 bits per heavy atom. The number of halogens is 7. The van der Waals surface area contributed by atoms with Crippen molar-refractivity contribution >= 4 is 5.91 Å². The van der Waals surface area contributed by atoms with Crippen LogP contribution < -0.4 is 0 Å². The molecule has 1 amide bonds. The molecule has 40 heavy (non-hydrogen) atoms. The second-order valence-corrected chi connectivity index (χ2v) is 11.0. The molecule has 1 aliphatic heterocycles. The fourth-order valence-corrected chi connectivity index (χ4v) is 6.05. The Labute approximate surface area is 229 Å². The number of alkyl halides is 6. The van der Waals surface area contributed by atoms with Gasteiger partial charge in [-0.25, -0.2) is 4.39 Å². The molecule has 2 aromatic carbocycles. The van der Waals surface area contributed by atoms with E-state index in [0.29, 0.717) is 31.5 Å². The maximum Gasteiger partial charge on any atom is 0.416 e. The van der Waals surface area contributed by atoms with E-state index in [1.807, 2.05) is 0 Å². The van der Waals surface area contributed by atoms with Gasteiger partial charge in [0.25, 0.3) is 0 Å². The minimum atomic E-state index is -4.96. The Balaban J connectivity index is 1.61. The van der Waals surface area contributed by atoms with Crippen LogP contribution in [0.3, 0.4) is 0 Å². The van der Waals surface area contributed by atoms with Gasteiger partial charge in [0, 0.05) is 26.6 Å². The van der Waals surface area contributed by atoms with Crippen LogP contribution in [0.1, 0.15) is 66.9 Å². The average molecular weight is 575 g/mol. The van der Waals surface area contributed by atoms with Gasteiger partial charge in [-0.2, -0.15) is 26.3 Å². The minimum absolute atomic E-state index is 0.00882.